The lowest BCUT2D eigenvalue weighted by molar-refractivity contribution is 0.149. The van der Waals surface area contributed by atoms with Crippen LogP contribution in [0.25, 0.3) is 0 Å². The number of sulfone groups is 1. The number of hydrogen-bond donors (Lipinski definition) is 0. The third-order valence-electron chi connectivity index (χ3n) is 4.15. The minimum absolute atomic E-state index is 0.0871. The molecule has 0 spiro atoms. The van der Waals surface area contributed by atoms with E-state index in [1.165, 1.54) is 12.8 Å². The average molecular weight is 295 g/mol. The molecule has 0 amide bonds. The highest BCUT2D eigenvalue weighted by molar-refractivity contribution is 7.91. The van der Waals surface area contributed by atoms with Gasteiger partial charge in [0.05, 0.1) is 10.6 Å². The highest BCUT2D eigenvalue weighted by Gasteiger charge is 2.25. The highest BCUT2D eigenvalue weighted by atomic mass is 32.2. The smallest absolute Gasteiger partial charge is 0.179 e. The minimum atomic E-state index is -3.18. The molecule has 4 heteroatoms. The molecule has 2 rings (SSSR count). The van der Waals surface area contributed by atoms with E-state index in [1.807, 2.05) is 26.0 Å². The van der Waals surface area contributed by atoms with Gasteiger partial charge in [-0.05, 0) is 51.3 Å². The molecule has 1 aliphatic rings. The van der Waals surface area contributed by atoms with Crippen LogP contribution in [0.15, 0.2) is 29.2 Å². The molecule has 1 saturated heterocycles. The van der Waals surface area contributed by atoms with Crippen molar-refractivity contribution < 1.29 is 8.42 Å². The van der Waals surface area contributed by atoms with Crippen LogP contribution in [0.3, 0.4) is 0 Å². The maximum absolute atomic E-state index is 12.5. The Morgan fingerprint density at radius 3 is 2.55 bits per heavy atom. The SMILES string of the molecule is Cc1ccc(S(=O)(=O)C[C@H](C)N2CCC[C@@H](C)C2)cc1. The molecule has 0 radical (unpaired) electrons. The summed E-state index contributed by atoms with van der Waals surface area (Å²) in [6.07, 6.45) is 2.43. The monoisotopic (exact) mass is 295 g/mol. The second kappa shape index (κ2) is 6.27. The predicted octanol–water partition coefficient (Wildman–Crippen LogP) is 2.89. The van der Waals surface area contributed by atoms with Crippen LogP contribution in [0.4, 0.5) is 0 Å². The summed E-state index contributed by atoms with van der Waals surface area (Å²) in [6.45, 7) is 8.28. The zero-order chi connectivity index (χ0) is 14.8. The molecule has 1 fully saturated rings. The van der Waals surface area contributed by atoms with E-state index < -0.39 is 9.84 Å². The van der Waals surface area contributed by atoms with E-state index in [0.29, 0.717) is 10.8 Å². The van der Waals surface area contributed by atoms with Gasteiger partial charge in [0, 0.05) is 12.6 Å². The van der Waals surface area contributed by atoms with Crippen LogP contribution in [0.1, 0.15) is 32.3 Å². The third-order valence-corrected chi connectivity index (χ3v) is 6.06. The van der Waals surface area contributed by atoms with E-state index in [0.717, 1.165) is 18.7 Å². The molecule has 0 aromatic heterocycles. The maximum Gasteiger partial charge on any atom is 0.179 e. The molecule has 0 unspecified atom stereocenters. The molecule has 20 heavy (non-hydrogen) atoms. The van der Waals surface area contributed by atoms with Crippen molar-refractivity contribution in [3.05, 3.63) is 29.8 Å². The van der Waals surface area contributed by atoms with E-state index in [4.69, 9.17) is 0 Å². The summed E-state index contributed by atoms with van der Waals surface area (Å²) in [5, 5.41) is 0. The lowest BCUT2D eigenvalue weighted by Crippen LogP contribution is -2.43. The first-order valence-electron chi connectivity index (χ1n) is 7.42. The fourth-order valence-electron chi connectivity index (χ4n) is 2.89. The first-order chi connectivity index (χ1) is 9.38. The maximum atomic E-state index is 12.5. The van der Waals surface area contributed by atoms with Crippen molar-refractivity contribution in [2.75, 3.05) is 18.8 Å². The van der Waals surface area contributed by atoms with E-state index in [9.17, 15) is 8.42 Å². The number of piperidine rings is 1. The van der Waals surface area contributed by atoms with Crippen LogP contribution >= 0.6 is 0 Å². The molecule has 1 aromatic carbocycles. The number of benzene rings is 1. The van der Waals surface area contributed by atoms with Gasteiger partial charge in [-0.1, -0.05) is 24.6 Å². The Morgan fingerprint density at radius 2 is 1.95 bits per heavy atom. The third kappa shape index (κ3) is 3.83. The van der Waals surface area contributed by atoms with Crippen LogP contribution in [0.2, 0.25) is 0 Å². The zero-order valence-corrected chi connectivity index (χ0v) is 13.5. The quantitative estimate of drug-likeness (QED) is 0.857. The molecule has 2 atom stereocenters. The largest absolute Gasteiger partial charge is 0.299 e. The van der Waals surface area contributed by atoms with Crippen molar-refractivity contribution in [3.8, 4) is 0 Å². The average Bonchev–Trinajstić information content (AvgIpc) is 2.38. The molecule has 0 N–H and O–H groups in total. The van der Waals surface area contributed by atoms with E-state index in [1.54, 1.807) is 12.1 Å². The summed E-state index contributed by atoms with van der Waals surface area (Å²) in [5.41, 5.74) is 1.09. The molecule has 1 aromatic rings. The normalized spacial score (nSPS) is 22.6. The summed E-state index contributed by atoms with van der Waals surface area (Å²) >= 11 is 0. The van der Waals surface area contributed by atoms with Gasteiger partial charge in [-0.2, -0.15) is 0 Å². The van der Waals surface area contributed by atoms with Crippen molar-refractivity contribution in [2.45, 2.75) is 44.6 Å². The molecule has 112 valence electrons. The van der Waals surface area contributed by atoms with Crippen molar-refractivity contribution in [2.24, 2.45) is 5.92 Å². The van der Waals surface area contributed by atoms with Crippen LogP contribution in [0.5, 0.6) is 0 Å². The van der Waals surface area contributed by atoms with Crippen LogP contribution in [-0.4, -0.2) is 38.2 Å². The number of likely N-dealkylation sites (tertiary alicyclic amines) is 1. The fourth-order valence-corrected chi connectivity index (χ4v) is 4.48. The van der Waals surface area contributed by atoms with E-state index in [2.05, 4.69) is 11.8 Å². The minimum Gasteiger partial charge on any atom is -0.299 e. The summed E-state index contributed by atoms with van der Waals surface area (Å²) in [4.78, 5) is 2.76. The Kier molecular flexibility index (Phi) is 4.86. The fraction of sp³-hybridized carbons (Fsp3) is 0.625. The Bertz CT molecular complexity index is 536. The Balaban J connectivity index is 2.05. The first kappa shape index (κ1) is 15.5. The Labute approximate surface area is 122 Å². The van der Waals surface area contributed by atoms with Gasteiger partial charge < -0.3 is 0 Å². The first-order valence-corrected chi connectivity index (χ1v) is 9.07. The van der Waals surface area contributed by atoms with Crippen molar-refractivity contribution in [1.29, 1.82) is 0 Å². The molecular formula is C16H25NO2S. The van der Waals surface area contributed by atoms with Crippen LogP contribution in [-0.2, 0) is 9.84 Å². The van der Waals surface area contributed by atoms with E-state index >= 15 is 0 Å². The second-order valence-corrected chi connectivity index (χ2v) is 8.22. The zero-order valence-electron chi connectivity index (χ0n) is 12.7. The Hall–Kier alpha value is -0.870. The van der Waals surface area contributed by atoms with Gasteiger partial charge in [0.15, 0.2) is 9.84 Å². The summed E-state index contributed by atoms with van der Waals surface area (Å²) in [6, 6.07) is 7.25. The number of aryl methyl sites for hydroxylation is 1. The molecule has 3 nitrogen and oxygen atoms in total. The molecule has 1 aliphatic heterocycles. The number of rotatable bonds is 4. The van der Waals surface area contributed by atoms with Gasteiger partial charge in [-0.3, -0.25) is 4.90 Å². The van der Waals surface area contributed by atoms with Crippen molar-refractivity contribution >= 4 is 9.84 Å². The van der Waals surface area contributed by atoms with Gasteiger partial charge in [0.2, 0.25) is 0 Å². The number of nitrogens with zero attached hydrogens (tertiary/aromatic N) is 1. The lowest BCUT2D eigenvalue weighted by Gasteiger charge is -2.35. The number of hydrogen-bond acceptors (Lipinski definition) is 3. The van der Waals surface area contributed by atoms with Gasteiger partial charge in [-0.25, -0.2) is 8.42 Å². The van der Waals surface area contributed by atoms with Gasteiger partial charge >= 0.3 is 0 Å². The molecule has 1 heterocycles. The van der Waals surface area contributed by atoms with E-state index in [-0.39, 0.29) is 11.8 Å². The van der Waals surface area contributed by atoms with Crippen LogP contribution in [0, 0.1) is 12.8 Å². The lowest BCUT2D eigenvalue weighted by atomic mass is 9.99. The molecule has 0 bridgehead atoms. The van der Waals surface area contributed by atoms with Crippen LogP contribution < -0.4 is 0 Å². The molecular weight excluding hydrogens is 270 g/mol. The summed E-state index contributed by atoms with van der Waals surface area (Å²) in [5.74, 6) is 0.885. The van der Waals surface area contributed by atoms with Crippen molar-refractivity contribution in [3.63, 3.8) is 0 Å². The molecule has 0 saturated carbocycles. The Morgan fingerprint density at radius 1 is 1.30 bits per heavy atom. The summed E-state index contributed by atoms with van der Waals surface area (Å²) in [7, 11) is -3.18. The van der Waals surface area contributed by atoms with Gasteiger partial charge in [0.1, 0.15) is 0 Å². The topological polar surface area (TPSA) is 37.4 Å². The predicted molar refractivity (Wildman–Crippen MR) is 82.7 cm³/mol. The van der Waals surface area contributed by atoms with Gasteiger partial charge in [0.25, 0.3) is 0 Å². The van der Waals surface area contributed by atoms with Crippen molar-refractivity contribution in [1.82, 2.24) is 4.90 Å². The van der Waals surface area contributed by atoms with Gasteiger partial charge in [-0.15, -0.1) is 0 Å². The standard InChI is InChI=1S/C16H25NO2S/c1-13-6-8-16(9-7-13)20(18,19)12-15(3)17-10-4-5-14(2)11-17/h6-9,14-15H,4-5,10-12H2,1-3H3/t14-,15+/m1/s1. The second-order valence-electron chi connectivity index (χ2n) is 6.19. The molecule has 0 aliphatic carbocycles. The summed E-state index contributed by atoms with van der Waals surface area (Å²) < 4.78 is 24.9. The highest BCUT2D eigenvalue weighted by Crippen LogP contribution is 2.20.